The van der Waals surface area contributed by atoms with Crippen LogP contribution in [0.5, 0.6) is 0 Å². The number of likely N-dealkylation sites (N-methyl/N-ethyl adjacent to an activating group) is 1. The van der Waals surface area contributed by atoms with Gasteiger partial charge < -0.3 is 15.5 Å². The molecule has 0 saturated carbocycles. The number of anilines is 1. The highest BCUT2D eigenvalue weighted by atomic mass is 16.2. The summed E-state index contributed by atoms with van der Waals surface area (Å²) < 4.78 is 0. The summed E-state index contributed by atoms with van der Waals surface area (Å²) in [7, 11) is 1.74. The van der Waals surface area contributed by atoms with Crippen LogP contribution in [0.2, 0.25) is 0 Å². The van der Waals surface area contributed by atoms with Crippen LogP contribution >= 0.6 is 0 Å². The van der Waals surface area contributed by atoms with Crippen molar-refractivity contribution in [3.05, 3.63) is 77.9 Å². The normalized spacial score (nSPS) is 17.3. The molecule has 3 aromatic rings. The fourth-order valence-corrected chi connectivity index (χ4v) is 4.04. The van der Waals surface area contributed by atoms with Gasteiger partial charge in [0.2, 0.25) is 11.8 Å². The van der Waals surface area contributed by atoms with Crippen LogP contribution in [0.15, 0.2) is 66.7 Å². The maximum Gasteiger partial charge on any atom is 0.249 e. The van der Waals surface area contributed by atoms with Gasteiger partial charge in [-0.25, -0.2) is 0 Å². The van der Waals surface area contributed by atoms with Gasteiger partial charge in [-0.05, 0) is 54.8 Å². The van der Waals surface area contributed by atoms with Crippen LogP contribution in [0.3, 0.4) is 0 Å². The van der Waals surface area contributed by atoms with E-state index < -0.39 is 6.04 Å². The number of fused-ring (bicyclic) bond motifs is 2. The van der Waals surface area contributed by atoms with Crippen molar-refractivity contribution in [1.29, 1.82) is 0 Å². The largest absolute Gasteiger partial charge is 0.343 e. The smallest absolute Gasteiger partial charge is 0.249 e. The maximum absolute atomic E-state index is 13.6. The number of nitrogens with one attached hydrogen (secondary N) is 2. The monoisotopic (exact) mass is 401 g/mol. The molecule has 3 aromatic carbocycles. The molecule has 154 valence electrons. The zero-order valence-electron chi connectivity index (χ0n) is 17.4. The van der Waals surface area contributed by atoms with Crippen LogP contribution in [0.4, 0.5) is 5.69 Å². The molecule has 2 amide bonds. The highest BCUT2D eigenvalue weighted by Gasteiger charge is 2.32. The van der Waals surface area contributed by atoms with Crippen molar-refractivity contribution in [3.8, 4) is 0 Å². The van der Waals surface area contributed by atoms with E-state index >= 15 is 0 Å². The molecule has 0 bridgehead atoms. The van der Waals surface area contributed by atoms with E-state index in [0.29, 0.717) is 13.0 Å². The van der Waals surface area contributed by atoms with Gasteiger partial charge in [0, 0.05) is 5.69 Å². The van der Waals surface area contributed by atoms with Gasteiger partial charge in [0.25, 0.3) is 0 Å². The predicted molar refractivity (Wildman–Crippen MR) is 120 cm³/mol. The predicted octanol–water partition coefficient (Wildman–Crippen LogP) is 3.41. The van der Waals surface area contributed by atoms with E-state index in [2.05, 4.69) is 41.0 Å². The van der Waals surface area contributed by atoms with Crippen molar-refractivity contribution in [3.63, 3.8) is 0 Å². The molecule has 5 nitrogen and oxygen atoms in total. The fraction of sp³-hybridized carbons (Fsp3) is 0.280. The van der Waals surface area contributed by atoms with Crippen molar-refractivity contribution in [2.75, 3.05) is 11.9 Å². The van der Waals surface area contributed by atoms with Gasteiger partial charge >= 0.3 is 0 Å². The lowest BCUT2D eigenvalue weighted by atomic mass is 10.0. The average Bonchev–Trinajstić information content (AvgIpc) is 2.91. The van der Waals surface area contributed by atoms with Crippen molar-refractivity contribution in [2.24, 2.45) is 0 Å². The summed E-state index contributed by atoms with van der Waals surface area (Å²) in [5, 5.41) is 8.18. The van der Waals surface area contributed by atoms with Crippen LogP contribution in [0.25, 0.3) is 10.8 Å². The minimum Gasteiger partial charge on any atom is -0.343 e. The third-order valence-electron chi connectivity index (χ3n) is 5.90. The standard InChI is InChI=1S/C25H27N3O2/c1-17(26-2)24(29)27-22-15-14-19-9-4-6-13-23(19)28(25(22)30)16-20-11-7-10-18-8-3-5-12-21(18)20/h3-13,17,22,26H,14-16H2,1-2H3,(H,27,29)/t17-,22-/m0/s1. The third kappa shape index (κ3) is 3.94. The van der Waals surface area contributed by atoms with Crippen molar-refractivity contribution in [2.45, 2.75) is 38.4 Å². The van der Waals surface area contributed by atoms with E-state index in [9.17, 15) is 9.59 Å². The van der Waals surface area contributed by atoms with Gasteiger partial charge in [0.15, 0.2) is 0 Å². The number of hydrogen-bond donors (Lipinski definition) is 2. The van der Waals surface area contributed by atoms with Crippen LogP contribution < -0.4 is 15.5 Å². The second-order valence-electron chi connectivity index (χ2n) is 7.80. The molecule has 4 rings (SSSR count). The topological polar surface area (TPSA) is 61.4 Å². The Labute approximate surface area is 177 Å². The first-order valence-corrected chi connectivity index (χ1v) is 10.4. The van der Waals surface area contributed by atoms with Crippen LogP contribution in [-0.2, 0) is 22.6 Å². The van der Waals surface area contributed by atoms with Crippen molar-refractivity contribution >= 4 is 28.3 Å². The summed E-state index contributed by atoms with van der Waals surface area (Å²) in [6.45, 7) is 2.25. The Balaban J connectivity index is 1.70. The Hall–Kier alpha value is -3.18. The molecule has 1 aliphatic rings. The Bertz CT molecular complexity index is 1070. The number of para-hydroxylation sites is 1. The molecule has 0 aliphatic carbocycles. The minimum absolute atomic E-state index is 0.0652. The SMILES string of the molecule is CN[C@@H](C)C(=O)N[C@H]1CCc2ccccc2N(Cc2cccc3ccccc23)C1=O. The number of nitrogens with zero attached hydrogens (tertiary/aromatic N) is 1. The third-order valence-corrected chi connectivity index (χ3v) is 5.90. The lowest BCUT2D eigenvalue weighted by Crippen LogP contribution is -2.52. The molecule has 5 heteroatoms. The molecule has 0 spiro atoms. The molecule has 0 unspecified atom stereocenters. The summed E-state index contributed by atoms with van der Waals surface area (Å²) >= 11 is 0. The number of benzene rings is 3. The molecule has 1 heterocycles. The lowest BCUT2D eigenvalue weighted by molar-refractivity contribution is -0.128. The van der Waals surface area contributed by atoms with Crippen molar-refractivity contribution in [1.82, 2.24) is 10.6 Å². The van der Waals surface area contributed by atoms with Gasteiger partial charge in [0.05, 0.1) is 12.6 Å². The maximum atomic E-state index is 13.6. The summed E-state index contributed by atoms with van der Waals surface area (Å²) in [6.07, 6.45) is 1.33. The number of rotatable bonds is 5. The van der Waals surface area contributed by atoms with Gasteiger partial charge in [-0.3, -0.25) is 9.59 Å². The van der Waals surface area contributed by atoms with Crippen LogP contribution in [0, 0.1) is 0 Å². The molecular weight excluding hydrogens is 374 g/mol. The average molecular weight is 402 g/mol. The number of carbonyl (C=O) groups excluding carboxylic acids is 2. The van der Waals surface area contributed by atoms with E-state index in [4.69, 9.17) is 0 Å². The number of amides is 2. The summed E-state index contributed by atoms with van der Waals surface area (Å²) in [5.74, 6) is -0.226. The number of aryl methyl sites for hydroxylation is 1. The Morgan fingerprint density at radius 1 is 1.07 bits per heavy atom. The summed E-state index contributed by atoms with van der Waals surface area (Å²) in [4.78, 5) is 27.9. The number of hydrogen-bond acceptors (Lipinski definition) is 3. The van der Waals surface area contributed by atoms with Crippen LogP contribution in [0.1, 0.15) is 24.5 Å². The zero-order valence-corrected chi connectivity index (χ0v) is 17.4. The first-order chi connectivity index (χ1) is 14.6. The molecule has 2 N–H and O–H groups in total. The van der Waals surface area contributed by atoms with E-state index in [0.717, 1.165) is 34.0 Å². The van der Waals surface area contributed by atoms with E-state index in [1.54, 1.807) is 14.0 Å². The minimum atomic E-state index is -0.546. The quantitative estimate of drug-likeness (QED) is 0.689. The molecule has 2 atom stereocenters. The Kier molecular flexibility index (Phi) is 5.81. The number of carbonyl (C=O) groups is 2. The first kappa shape index (κ1) is 20.1. The van der Waals surface area contributed by atoms with Crippen molar-refractivity contribution < 1.29 is 9.59 Å². The molecule has 30 heavy (non-hydrogen) atoms. The van der Waals surface area contributed by atoms with E-state index in [1.165, 1.54) is 0 Å². The molecule has 1 aliphatic heterocycles. The lowest BCUT2D eigenvalue weighted by Gasteiger charge is -2.27. The molecular formula is C25H27N3O2. The van der Waals surface area contributed by atoms with Gasteiger partial charge in [-0.2, -0.15) is 0 Å². The second-order valence-corrected chi connectivity index (χ2v) is 7.80. The van der Waals surface area contributed by atoms with Gasteiger partial charge in [-0.15, -0.1) is 0 Å². The summed E-state index contributed by atoms with van der Waals surface area (Å²) in [5.41, 5.74) is 3.14. The van der Waals surface area contributed by atoms with Gasteiger partial charge in [-0.1, -0.05) is 60.7 Å². The zero-order chi connectivity index (χ0) is 21.1. The molecule has 0 radical (unpaired) electrons. The Morgan fingerprint density at radius 2 is 1.80 bits per heavy atom. The highest BCUT2D eigenvalue weighted by Crippen LogP contribution is 2.30. The summed E-state index contributed by atoms with van der Waals surface area (Å²) in [6, 6.07) is 21.5. The first-order valence-electron chi connectivity index (χ1n) is 10.4. The van der Waals surface area contributed by atoms with Gasteiger partial charge in [0.1, 0.15) is 6.04 Å². The highest BCUT2D eigenvalue weighted by molar-refractivity contribution is 6.01. The molecule has 0 aromatic heterocycles. The molecule has 0 saturated heterocycles. The van der Waals surface area contributed by atoms with Crippen LogP contribution in [-0.4, -0.2) is 30.9 Å². The Morgan fingerprint density at radius 3 is 2.63 bits per heavy atom. The fourth-order valence-electron chi connectivity index (χ4n) is 4.04. The van der Waals surface area contributed by atoms with E-state index in [-0.39, 0.29) is 17.9 Å². The van der Waals surface area contributed by atoms with E-state index in [1.807, 2.05) is 41.3 Å². The second kappa shape index (κ2) is 8.67. The molecule has 0 fully saturated rings.